The molecule has 0 aliphatic carbocycles. The van der Waals surface area contributed by atoms with Gasteiger partial charge in [-0.25, -0.2) is 4.39 Å². The molecule has 0 spiro atoms. The summed E-state index contributed by atoms with van der Waals surface area (Å²) in [5, 5.41) is 14.3. The van der Waals surface area contributed by atoms with Gasteiger partial charge in [0.05, 0.1) is 0 Å². The SMILES string of the molecule is O=c1[nH]c(Nc2ccc(Nc3ccccc3)cc2)nnc1-c1ccc(F)cc1. The normalized spacial score (nSPS) is 10.5. The van der Waals surface area contributed by atoms with Crippen LogP contribution in [0.25, 0.3) is 11.3 Å². The first-order valence-corrected chi connectivity index (χ1v) is 8.59. The van der Waals surface area contributed by atoms with Gasteiger partial charge in [0.2, 0.25) is 5.95 Å². The van der Waals surface area contributed by atoms with Gasteiger partial charge in [-0.05, 0) is 60.7 Å². The van der Waals surface area contributed by atoms with Crippen molar-refractivity contribution < 1.29 is 4.39 Å². The van der Waals surface area contributed by atoms with E-state index in [1.807, 2.05) is 54.6 Å². The molecule has 1 aromatic heterocycles. The molecule has 4 rings (SSSR count). The van der Waals surface area contributed by atoms with Gasteiger partial charge in [-0.3, -0.25) is 9.78 Å². The molecule has 0 bridgehead atoms. The maximum atomic E-state index is 13.0. The largest absolute Gasteiger partial charge is 0.356 e. The Morgan fingerprint density at radius 1 is 0.714 bits per heavy atom. The van der Waals surface area contributed by atoms with Crippen LogP contribution in [0.5, 0.6) is 0 Å². The van der Waals surface area contributed by atoms with Crippen molar-refractivity contribution in [3.8, 4) is 11.3 Å². The van der Waals surface area contributed by atoms with E-state index in [0.717, 1.165) is 17.1 Å². The topological polar surface area (TPSA) is 82.7 Å². The quantitative estimate of drug-likeness (QED) is 0.481. The standard InChI is InChI=1S/C21H16FN5O/c22-15-8-6-14(7-9-15)19-20(28)25-21(27-26-19)24-18-12-10-17(11-13-18)23-16-4-2-1-3-5-16/h1-13,23H,(H2,24,25,27,28). The van der Waals surface area contributed by atoms with E-state index in [0.29, 0.717) is 5.56 Å². The second-order valence-electron chi connectivity index (χ2n) is 6.05. The predicted molar refractivity (Wildman–Crippen MR) is 107 cm³/mol. The summed E-state index contributed by atoms with van der Waals surface area (Å²) in [5.41, 5.74) is 2.90. The third kappa shape index (κ3) is 4.04. The number of H-pyrrole nitrogens is 1. The van der Waals surface area contributed by atoms with Crippen LogP contribution in [0.1, 0.15) is 0 Å². The van der Waals surface area contributed by atoms with Gasteiger partial charge in [0.15, 0.2) is 5.69 Å². The van der Waals surface area contributed by atoms with Gasteiger partial charge in [0, 0.05) is 22.6 Å². The molecule has 4 aromatic rings. The Balaban J connectivity index is 1.47. The van der Waals surface area contributed by atoms with Crippen molar-refractivity contribution in [1.82, 2.24) is 15.2 Å². The Kier molecular flexibility index (Phi) is 4.79. The van der Waals surface area contributed by atoms with E-state index in [1.165, 1.54) is 24.3 Å². The number of anilines is 4. The highest BCUT2D eigenvalue weighted by Gasteiger charge is 2.08. The van der Waals surface area contributed by atoms with Gasteiger partial charge >= 0.3 is 0 Å². The predicted octanol–water partition coefficient (Wildman–Crippen LogP) is 4.46. The van der Waals surface area contributed by atoms with E-state index in [2.05, 4.69) is 25.8 Å². The summed E-state index contributed by atoms with van der Waals surface area (Å²) in [5.74, 6) is -0.156. The first-order chi connectivity index (χ1) is 13.7. The average Bonchev–Trinajstić information content (AvgIpc) is 2.71. The molecular formula is C21H16FN5O. The molecule has 0 aliphatic rings. The van der Waals surface area contributed by atoms with Crippen molar-refractivity contribution in [2.75, 3.05) is 10.6 Å². The van der Waals surface area contributed by atoms with Crippen molar-refractivity contribution in [3.63, 3.8) is 0 Å². The molecule has 0 saturated carbocycles. The van der Waals surface area contributed by atoms with E-state index >= 15 is 0 Å². The lowest BCUT2D eigenvalue weighted by Gasteiger charge is -2.09. The number of para-hydroxylation sites is 1. The fourth-order valence-electron chi connectivity index (χ4n) is 2.65. The zero-order valence-electron chi connectivity index (χ0n) is 14.7. The van der Waals surface area contributed by atoms with Crippen molar-refractivity contribution in [1.29, 1.82) is 0 Å². The minimum Gasteiger partial charge on any atom is -0.356 e. The van der Waals surface area contributed by atoms with Crippen LogP contribution in [-0.2, 0) is 0 Å². The number of rotatable bonds is 5. The molecule has 0 aliphatic heterocycles. The van der Waals surface area contributed by atoms with Crippen LogP contribution in [-0.4, -0.2) is 15.2 Å². The average molecular weight is 373 g/mol. The molecule has 3 aromatic carbocycles. The monoisotopic (exact) mass is 373 g/mol. The van der Waals surface area contributed by atoms with Crippen LogP contribution >= 0.6 is 0 Å². The van der Waals surface area contributed by atoms with Gasteiger partial charge in [0.1, 0.15) is 5.82 Å². The number of benzene rings is 3. The number of hydrogen-bond donors (Lipinski definition) is 3. The second kappa shape index (κ2) is 7.71. The molecule has 138 valence electrons. The van der Waals surface area contributed by atoms with Crippen LogP contribution in [0.2, 0.25) is 0 Å². The summed E-state index contributed by atoms with van der Waals surface area (Å²) in [6.07, 6.45) is 0. The van der Waals surface area contributed by atoms with Crippen molar-refractivity contribution >= 4 is 23.0 Å². The van der Waals surface area contributed by atoms with Crippen molar-refractivity contribution in [2.24, 2.45) is 0 Å². The lowest BCUT2D eigenvalue weighted by atomic mass is 10.2. The molecule has 0 atom stereocenters. The molecular weight excluding hydrogens is 357 g/mol. The number of nitrogens with one attached hydrogen (secondary N) is 3. The van der Waals surface area contributed by atoms with E-state index in [1.54, 1.807) is 0 Å². The number of aromatic amines is 1. The zero-order valence-corrected chi connectivity index (χ0v) is 14.7. The maximum absolute atomic E-state index is 13.0. The van der Waals surface area contributed by atoms with Gasteiger partial charge in [0.25, 0.3) is 5.56 Å². The Morgan fingerprint density at radius 2 is 1.32 bits per heavy atom. The van der Waals surface area contributed by atoms with E-state index in [9.17, 15) is 9.18 Å². The molecule has 0 unspecified atom stereocenters. The van der Waals surface area contributed by atoms with Crippen LogP contribution < -0.4 is 16.2 Å². The summed E-state index contributed by atoms with van der Waals surface area (Å²) in [4.78, 5) is 14.9. The molecule has 0 amide bonds. The molecule has 7 heteroatoms. The molecule has 0 radical (unpaired) electrons. The molecule has 6 nitrogen and oxygen atoms in total. The Morgan fingerprint density at radius 3 is 1.96 bits per heavy atom. The third-order valence-electron chi connectivity index (χ3n) is 4.02. The number of aromatic nitrogens is 3. The highest BCUT2D eigenvalue weighted by atomic mass is 19.1. The first-order valence-electron chi connectivity index (χ1n) is 8.59. The van der Waals surface area contributed by atoms with Gasteiger partial charge in [-0.15, -0.1) is 10.2 Å². The third-order valence-corrected chi connectivity index (χ3v) is 4.02. The summed E-state index contributed by atoms with van der Waals surface area (Å²) in [7, 11) is 0. The lowest BCUT2D eigenvalue weighted by molar-refractivity contribution is 0.628. The van der Waals surface area contributed by atoms with Crippen LogP contribution in [0.15, 0.2) is 83.7 Å². The number of hydrogen-bond acceptors (Lipinski definition) is 5. The van der Waals surface area contributed by atoms with E-state index < -0.39 is 5.56 Å². The molecule has 0 fully saturated rings. The summed E-state index contributed by atoms with van der Waals surface area (Å²) < 4.78 is 13.0. The van der Waals surface area contributed by atoms with Crippen LogP contribution in [0.3, 0.4) is 0 Å². The van der Waals surface area contributed by atoms with Crippen LogP contribution in [0, 0.1) is 5.82 Å². The Labute approximate surface area is 160 Å². The van der Waals surface area contributed by atoms with Crippen LogP contribution in [0.4, 0.5) is 27.4 Å². The highest BCUT2D eigenvalue weighted by Crippen LogP contribution is 2.20. The highest BCUT2D eigenvalue weighted by molar-refractivity contribution is 5.64. The zero-order chi connectivity index (χ0) is 19.3. The fourth-order valence-corrected chi connectivity index (χ4v) is 2.65. The first kappa shape index (κ1) is 17.4. The minimum atomic E-state index is -0.411. The van der Waals surface area contributed by atoms with Crippen molar-refractivity contribution in [3.05, 3.63) is 95.0 Å². The van der Waals surface area contributed by atoms with E-state index in [-0.39, 0.29) is 17.5 Å². The summed E-state index contributed by atoms with van der Waals surface area (Å²) in [6, 6.07) is 22.9. The smallest absolute Gasteiger partial charge is 0.279 e. The van der Waals surface area contributed by atoms with Gasteiger partial charge in [-0.1, -0.05) is 18.2 Å². The van der Waals surface area contributed by atoms with Gasteiger partial charge < -0.3 is 10.6 Å². The summed E-state index contributed by atoms with van der Waals surface area (Å²) >= 11 is 0. The second-order valence-corrected chi connectivity index (χ2v) is 6.05. The van der Waals surface area contributed by atoms with E-state index in [4.69, 9.17) is 0 Å². The number of halogens is 1. The summed E-state index contributed by atoms with van der Waals surface area (Å²) in [6.45, 7) is 0. The molecule has 3 N–H and O–H groups in total. The molecule has 28 heavy (non-hydrogen) atoms. The fraction of sp³-hybridized carbons (Fsp3) is 0. The van der Waals surface area contributed by atoms with Crippen molar-refractivity contribution in [2.45, 2.75) is 0 Å². The molecule has 0 saturated heterocycles. The maximum Gasteiger partial charge on any atom is 0.279 e. The lowest BCUT2D eigenvalue weighted by Crippen LogP contribution is -2.15. The Bertz CT molecular complexity index is 1130. The van der Waals surface area contributed by atoms with Gasteiger partial charge in [-0.2, -0.15) is 0 Å². The molecule has 1 heterocycles. The Hall–Kier alpha value is -4.00. The number of nitrogens with zero attached hydrogens (tertiary/aromatic N) is 2. The minimum absolute atomic E-state index is 0.132.